The molecule has 0 fully saturated rings. The van der Waals surface area contributed by atoms with Crippen molar-refractivity contribution in [2.24, 2.45) is 0 Å². The smallest absolute Gasteiger partial charge is 0.161 e. The normalized spacial score (nSPS) is 12.6. The van der Waals surface area contributed by atoms with Crippen molar-refractivity contribution >= 4 is 6.08 Å². The summed E-state index contributed by atoms with van der Waals surface area (Å²) in [4.78, 5) is 0. The first-order chi connectivity index (χ1) is 12.6. The number of quaternary nitrogens is 2. The molecule has 0 radical (unpaired) electrons. The maximum absolute atomic E-state index is 5.38. The molecule has 0 saturated carbocycles. The Morgan fingerprint density at radius 3 is 2.19 bits per heavy atom. The fourth-order valence-electron chi connectivity index (χ4n) is 2.81. The molecule has 2 rings (SSSR count). The van der Waals surface area contributed by atoms with Crippen LogP contribution in [0.5, 0.6) is 17.2 Å². The van der Waals surface area contributed by atoms with Crippen LogP contribution in [0.15, 0.2) is 48.2 Å². The van der Waals surface area contributed by atoms with Gasteiger partial charge in [0.1, 0.15) is 17.5 Å². The number of benzene rings is 2. The minimum Gasteiger partial charge on any atom is -0.497 e. The van der Waals surface area contributed by atoms with E-state index in [4.69, 9.17) is 14.2 Å². The zero-order valence-corrected chi connectivity index (χ0v) is 15.7. The van der Waals surface area contributed by atoms with Crippen molar-refractivity contribution in [1.82, 2.24) is 0 Å². The predicted molar refractivity (Wildman–Crippen MR) is 103 cm³/mol. The number of hydrogen-bond acceptors (Lipinski definition) is 3. The van der Waals surface area contributed by atoms with Crippen molar-refractivity contribution in [2.45, 2.75) is 12.5 Å². The molecule has 2 aromatic carbocycles. The first kappa shape index (κ1) is 19.8. The molecule has 1 atom stereocenters. The summed E-state index contributed by atoms with van der Waals surface area (Å²) in [5.41, 5.74) is 3.35. The van der Waals surface area contributed by atoms with Crippen LogP contribution >= 0.6 is 0 Å². The van der Waals surface area contributed by atoms with Crippen molar-refractivity contribution in [1.29, 1.82) is 0 Å². The molecular formula is C21H28N2O3. The van der Waals surface area contributed by atoms with E-state index >= 15 is 0 Å². The largest absolute Gasteiger partial charge is 0.497 e. The van der Waals surface area contributed by atoms with Gasteiger partial charge in [0.25, 0.3) is 0 Å². The van der Waals surface area contributed by atoms with E-state index in [9.17, 15) is 0 Å². The fraction of sp³-hybridized carbons (Fsp3) is 0.238. The van der Waals surface area contributed by atoms with Crippen LogP contribution in [0.1, 0.15) is 11.1 Å². The third kappa shape index (κ3) is 5.00. The van der Waals surface area contributed by atoms with E-state index in [1.54, 1.807) is 21.3 Å². The van der Waals surface area contributed by atoms with Crippen molar-refractivity contribution in [3.8, 4) is 17.2 Å². The van der Waals surface area contributed by atoms with Crippen LogP contribution in [-0.2, 0) is 6.42 Å². The number of rotatable bonds is 9. The van der Waals surface area contributed by atoms with E-state index in [1.165, 1.54) is 5.56 Å². The Morgan fingerprint density at radius 2 is 1.65 bits per heavy atom. The van der Waals surface area contributed by atoms with Gasteiger partial charge in [0.2, 0.25) is 0 Å². The summed E-state index contributed by atoms with van der Waals surface area (Å²) in [5.74, 6) is 2.27. The van der Waals surface area contributed by atoms with Gasteiger partial charge in [0.15, 0.2) is 11.5 Å². The number of ether oxygens (including phenoxy) is 3. The summed E-state index contributed by atoms with van der Waals surface area (Å²) in [5, 5.41) is 3.84. The number of nitrogens with two attached hydrogens (primary N) is 2. The highest BCUT2D eigenvalue weighted by Gasteiger charge is 2.16. The number of methoxy groups -OCH3 is 3. The maximum atomic E-state index is 5.38. The molecule has 0 aliphatic heterocycles. The second-order valence-corrected chi connectivity index (χ2v) is 5.86. The van der Waals surface area contributed by atoms with Gasteiger partial charge in [-0.05, 0) is 35.4 Å². The zero-order valence-electron chi connectivity index (χ0n) is 15.7. The second-order valence-electron chi connectivity index (χ2n) is 5.86. The third-order valence-corrected chi connectivity index (χ3v) is 4.30. The quantitative estimate of drug-likeness (QED) is 0.667. The van der Waals surface area contributed by atoms with Gasteiger partial charge in [0.05, 0.1) is 21.3 Å². The van der Waals surface area contributed by atoms with Gasteiger partial charge in [-0.15, -0.1) is 7.05 Å². The lowest BCUT2D eigenvalue weighted by Gasteiger charge is -2.19. The van der Waals surface area contributed by atoms with Crippen LogP contribution in [0.3, 0.4) is 0 Å². The van der Waals surface area contributed by atoms with Gasteiger partial charge < -0.3 is 24.8 Å². The molecule has 0 aliphatic carbocycles. The van der Waals surface area contributed by atoms with Crippen LogP contribution in [0, 0.1) is 14.1 Å². The summed E-state index contributed by atoms with van der Waals surface area (Å²) in [6, 6.07) is 14.1. The summed E-state index contributed by atoms with van der Waals surface area (Å²) < 4.78 is 15.9. The molecule has 4 N–H and O–H groups in total. The average Bonchev–Trinajstić information content (AvgIpc) is 2.70. The topological polar surface area (TPSA) is 60.9 Å². The molecule has 1 unspecified atom stereocenters. The number of hydrogen-bond donors (Lipinski definition) is 2. The van der Waals surface area contributed by atoms with Crippen molar-refractivity contribution in [2.75, 3.05) is 21.3 Å². The molecule has 5 nitrogen and oxygen atoms in total. The van der Waals surface area contributed by atoms with Crippen LogP contribution in [0.4, 0.5) is 0 Å². The minimum absolute atomic E-state index is 0.161. The van der Waals surface area contributed by atoms with E-state index < -0.39 is 0 Å². The molecular weight excluding hydrogens is 328 g/mol. The highest BCUT2D eigenvalue weighted by Crippen LogP contribution is 2.28. The van der Waals surface area contributed by atoms with Gasteiger partial charge in [-0.3, -0.25) is 0 Å². The Kier molecular flexibility index (Phi) is 7.51. The SMILES string of the molecule is [CH2-][NH2+]C(=Cc1ccc(OC)c(OC)c1)C(Cc1ccc(OC)cc1)[NH2+][CH2-]. The lowest BCUT2D eigenvalue weighted by atomic mass is 10.0. The lowest BCUT2D eigenvalue weighted by molar-refractivity contribution is -0.666. The molecule has 0 amide bonds. The highest BCUT2D eigenvalue weighted by atomic mass is 16.5. The summed E-state index contributed by atoms with van der Waals surface area (Å²) >= 11 is 0. The Balaban J connectivity index is 2.23. The van der Waals surface area contributed by atoms with E-state index in [0.717, 1.165) is 23.4 Å². The summed E-state index contributed by atoms with van der Waals surface area (Å²) in [6.45, 7) is 0. The van der Waals surface area contributed by atoms with E-state index in [-0.39, 0.29) is 6.04 Å². The molecule has 0 heterocycles. The van der Waals surface area contributed by atoms with Gasteiger partial charge in [-0.2, -0.15) is 7.05 Å². The average molecular weight is 356 g/mol. The first-order valence-corrected chi connectivity index (χ1v) is 8.46. The van der Waals surface area contributed by atoms with Gasteiger partial charge in [-0.25, -0.2) is 0 Å². The second kappa shape index (κ2) is 9.85. The van der Waals surface area contributed by atoms with Crippen LogP contribution < -0.4 is 24.8 Å². The van der Waals surface area contributed by atoms with Crippen molar-refractivity contribution in [3.05, 3.63) is 73.4 Å². The standard InChI is InChI=1S/C21H28N2O3/c1-22-18(12-15-6-9-17(24-3)10-7-15)19(23-2)13-16-8-11-20(25-4)21(14-16)26-5/h6-11,13-14,18H,1-2,12,22-23H2,3-5H3. The third-order valence-electron chi connectivity index (χ3n) is 4.30. The monoisotopic (exact) mass is 356 g/mol. The fourth-order valence-corrected chi connectivity index (χ4v) is 2.81. The van der Waals surface area contributed by atoms with Gasteiger partial charge in [-0.1, -0.05) is 18.2 Å². The zero-order chi connectivity index (χ0) is 18.9. The maximum Gasteiger partial charge on any atom is 0.161 e. The molecule has 2 aromatic rings. The van der Waals surface area contributed by atoms with E-state index in [2.05, 4.69) is 32.3 Å². The Bertz CT molecular complexity index is 727. The van der Waals surface area contributed by atoms with Crippen LogP contribution in [0.25, 0.3) is 6.08 Å². The van der Waals surface area contributed by atoms with Crippen molar-refractivity contribution in [3.63, 3.8) is 0 Å². The molecule has 0 aliphatic rings. The molecule has 140 valence electrons. The van der Waals surface area contributed by atoms with E-state index in [1.807, 2.05) is 41.0 Å². The summed E-state index contributed by atoms with van der Waals surface area (Å²) in [7, 11) is 12.9. The molecule has 26 heavy (non-hydrogen) atoms. The summed E-state index contributed by atoms with van der Waals surface area (Å²) in [6.07, 6.45) is 2.95. The van der Waals surface area contributed by atoms with Gasteiger partial charge in [0, 0.05) is 12.5 Å². The van der Waals surface area contributed by atoms with E-state index in [0.29, 0.717) is 11.5 Å². The first-order valence-electron chi connectivity index (χ1n) is 8.46. The van der Waals surface area contributed by atoms with Gasteiger partial charge >= 0.3 is 0 Å². The Morgan fingerprint density at radius 1 is 0.962 bits per heavy atom. The predicted octanol–water partition coefficient (Wildman–Crippen LogP) is 1.37. The molecule has 5 heteroatoms. The Hall–Kier alpha value is -2.50. The minimum atomic E-state index is 0.161. The van der Waals surface area contributed by atoms with Crippen molar-refractivity contribution < 1.29 is 24.8 Å². The molecule has 0 spiro atoms. The lowest BCUT2D eigenvalue weighted by Crippen LogP contribution is -2.92. The molecule has 0 aromatic heterocycles. The van der Waals surface area contributed by atoms with Crippen LogP contribution in [0.2, 0.25) is 0 Å². The Labute approximate surface area is 156 Å². The molecule has 0 bridgehead atoms. The molecule has 0 saturated heterocycles. The highest BCUT2D eigenvalue weighted by molar-refractivity contribution is 5.57. The van der Waals surface area contributed by atoms with Crippen LogP contribution in [-0.4, -0.2) is 27.4 Å².